The summed E-state index contributed by atoms with van der Waals surface area (Å²) in [5, 5.41) is -0.426. The van der Waals surface area contributed by atoms with Gasteiger partial charge >= 0.3 is 6.18 Å². The van der Waals surface area contributed by atoms with E-state index < -0.39 is 22.7 Å². The van der Waals surface area contributed by atoms with Crippen molar-refractivity contribution < 1.29 is 13.2 Å². The van der Waals surface area contributed by atoms with Gasteiger partial charge in [-0.1, -0.05) is 13.0 Å². The Kier molecular flexibility index (Phi) is 3.87. The van der Waals surface area contributed by atoms with Crippen molar-refractivity contribution >= 4 is 10.9 Å². The predicted molar refractivity (Wildman–Crippen MR) is 84.3 cm³/mol. The summed E-state index contributed by atoms with van der Waals surface area (Å²) in [6, 6.07) is 5.28. The van der Waals surface area contributed by atoms with Crippen molar-refractivity contribution in [1.82, 2.24) is 14.5 Å². The Morgan fingerprint density at radius 2 is 1.96 bits per heavy atom. The van der Waals surface area contributed by atoms with Crippen LogP contribution in [0, 0.1) is 6.92 Å². The molecule has 0 N–H and O–H groups in total. The number of rotatable bonds is 2. The first-order valence-corrected chi connectivity index (χ1v) is 7.37. The minimum atomic E-state index is -4.63. The van der Waals surface area contributed by atoms with Gasteiger partial charge in [-0.2, -0.15) is 13.2 Å². The number of benzene rings is 1. The first-order chi connectivity index (χ1) is 11.3. The molecular weight excluding hydrogens is 319 g/mol. The molecule has 0 aliphatic heterocycles. The van der Waals surface area contributed by atoms with Crippen molar-refractivity contribution in [3.05, 3.63) is 64.0 Å². The molecule has 24 heavy (non-hydrogen) atoms. The zero-order chi connectivity index (χ0) is 17.5. The number of halogens is 3. The summed E-state index contributed by atoms with van der Waals surface area (Å²) < 4.78 is 41.1. The van der Waals surface area contributed by atoms with E-state index in [1.807, 2.05) is 0 Å². The molecule has 2 heterocycles. The Morgan fingerprint density at radius 3 is 2.58 bits per heavy atom. The standard InChI is InChI=1S/C17H14F3N3O/c1-3-14-22-12-6-4-5-11(17(18,19)20)15(12)16(24)23(14)13-9-21-8-7-10(13)2/h4-9H,3H2,1-2H3. The van der Waals surface area contributed by atoms with Crippen LogP contribution in [0.5, 0.6) is 0 Å². The predicted octanol–water partition coefficient (Wildman–Crippen LogP) is 3.67. The third kappa shape index (κ3) is 2.55. The van der Waals surface area contributed by atoms with E-state index in [0.29, 0.717) is 17.9 Å². The number of aryl methyl sites for hydroxylation is 2. The summed E-state index contributed by atoms with van der Waals surface area (Å²) in [7, 11) is 0. The Balaban J connectivity index is 2.49. The van der Waals surface area contributed by atoms with Crippen molar-refractivity contribution in [1.29, 1.82) is 0 Å². The minimum absolute atomic E-state index is 0.0458. The molecule has 7 heteroatoms. The molecule has 3 rings (SSSR count). The van der Waals surface area contributed by atoms with Gasteiger partial charge in [-0.05, 0) is 30.7 Å². The molecule has 4 nitrogen and oxygen atoms in total. The zero-order valence-corrected chi connectivity index (χ0v) is 13.1. The molecule has 0 fully saturated rings. The van der Waals surface area contributed by atoms with Crippen molar-refractivity contribution in [3.63, 3.8) is 0 Å². The minimum Gasteiger partial charge on any atom is -0.268 e. The Bertz CT molecular complexity index is 977. The molecule has 124 valence electrons. The van der Waals surface area contributed by atoms with E-state index >= 15 is 0 Å². The van der Waals surface area contributed by atoms with Gasteiger partial charge in [-0.15, -0.1) is 0 Å². The number of nitrogens with zero attached hydrogens (tertiary/aromatic N) is 3. The number of hydrogen-bond acceptors (Lipinski definition) is 3. The Morgan fingerprint density at radius 1 is 1.21 bits per heavy atom. The van der Waals surface area contributed by atoms with Crippen molar-refractivity contribution in [2.24, 2.45) is 0 Å². The van der Waals surface area contributed by atoms with Gasteiger partial charge in [0.05, 0.1) is 28.4 Å². The van der Waals surface area contributed by atoms with Crippen LogP contribution in [-0.4, -0.2) is 14.5 Å². The lowest BCUT2D eigenvalue weighted by Gasteiger charge is -2.16. The Labute approximate surface area is 135 Å². The topological polar surface area (TPSA) is 47.8 Å². The molecule has 0 radical (unpaired) electrons. The van der Waals surface area contributed by atoms with Crippen molar-refractivity contribution in [2.45, 2.75) is 26.4 Å². The molecule has 0 aliphatic rings. The second-order valence-corrected chi connectivity index (χ2v) is 5.38. The number of aromatic nitrogens is 3. The summed E-state index contributed by atoms with van der Waals surface area (Å²) in [6.45, 7) is 3.56. The largest absolute Gasteiger partial charge is 0.417 e. The second-order valence-electron chi connectivity index (χ2n) is 5.38. The van der Waals surface area contributed by atoms with Crippen LogP contribution in [0.15, 0.2) is 41.5 Å². The van der Waals surface area contributed by atoms with E-state index in [0.717, 1.165) is 11.6 Å². The molecule has 0 amide bonds. The number of hydrogen-bond donors (Lipinski definition) is 0. The molecular formula is C17H14F3N3O. The summed E-state index contributed by atoms with van der Waals surface area (Å²) in [5.41, 5.74) is -0.501. The van der Waals surface area contributed by atoms with Crippen LogP contribution in [0.25, 0.3) is 16.6 Å². The first-order valence-electron chi connectivity index (χ1n) is 7.37. The number of alkyl halides is 3. The average Bonchev–Trinajstić information content (AvgIpc) is 2.54. The molecule has 0 atom stereocenters. The van der Waals surface area contributed by atoms with Gasteiger partial charge in [0.15, 0.2) is 0 Å². The van der Waals surface area contributed by atoms with Gasteiger partial charge in [0.1, 0.15) is 5.82 Å². The highest BCUT2D eigenvalue weighted by Gasteiger charge is 2.34. The van der Waals surface area contributed by atoms with Crippen LogP contribution >= 0.6 is 0 Å². The highest BCUT2D eigenvalue weighted by molar-refractivity contribution is 5.82. The number of pyridine rings is 1. The molecule has 0 saturated carbocycles. The zero-order valence-electron chi connectivity index (χ0n) is 13.1. The second kappa shape index (κ2) is 5.74. The molecule has 0 aliphatic carbocycles. The van der Waals surface area contributed by atoms with E-state index in [1.165, 1.54) is 22.9 Å². The summed E-state index contributed by atoms with van der Waals surface area (Å²) in [5.74, 6) is 0.392. The van der Waals surface area contributed by atoms with Crippen LogP contribution in [0.3, 0.4) is 0 Å². The smallest absolute Gasteiger partial charge is 0.268 e. The molecule has 0 saturated heterocycles. The van der Waals surface area contributed by atoms with Crippen LogP contribution < -0.4 is 5.56 Å². The van der Waals surface area contributed by atoms with Crippen molar-refractivity contribution in [2.75, 3.05) is 0 Å². The lowest BCUT2D eigenvalue weighted by molar-refractivity contribution is -0.136. The molecule has 2 aromatic heterocycles. The summed E-state index contributed by atoms with van der Waals surface area (Å²) >= 11 is 0. The molecule has 3 aromatic rings. The molecule has 1 aromatic carbocycles. The quantitative estimate of drug-likeness (QED) is 0.719. The fourth-order valence-electron chi connectivity index (χ4n) is 2.69. The highest BCUT2D eigenvalue weighted by Crippen LogP contribution is 2.33. The SMILES string of the molecule is CCc1nc2cccc(C(F)(F)F)c2c(=O)n1-c1cnccc1C. The maximum Gasteiger partial charge on any atom is 0.417 e. The summed E-state index contributed by atoms with van der Waals surface area (Å²) in [4.78, 5) is 21.2. The van der Waals surface area contributed by atoms with Gasteiger partial charge < -0.3 is 0 Å². The van der Waals surface area contributed by atoms with Gasteiger partial charge in [0.25, 0.3) is 5.56 Å². The fourth-order valence-corrected chi connectivity index (χ4v) is 2.69. The lowest BCUT2D eigenvalue weighted by atomic mass is 10.1. The summed E-state index contributed by atoms with van der Waals surface area (Å²) in [6.07, 6.45) is -1.21. The van der Waals surface area contributed by atoms with E-state index in [-0.39, 0.29) is 5.52 Å². The normalized spacial score (nSPS) is 11.9. The fraction of sp³-hybridized carbons (Fsp3) is 0.235. The monoisotopic (exact) mass is 333 g/mol. The molecule has 0 unspecified atom stereocenters. The van der Waals surface area contributed by atoms with E-state index in [2.05, 4.69) is 9.97 Å². The van der Waals surface area contributed by atoms with Gasteiger partial charge in [0, 0.05) is 12.6 Å². The first kappa shape index (κ1) is 16.2. The number of fused-ring (bicyclic) bond motifs is 1. The van der Waals surface area contributed by atoms with Gasteiger partial charge in [0.2, 0.25) is 0 Å². The lowest BCUT2D eigenvalue weighted by Crippen LogP contribution is -2.26. The van der Waals surface area contributed by atoms with E-state index in [4.69, 9.17) is 0 Å². The van der Waals surface area contributed by atoms with Gasteiger partial charge in [-0.3, -0.25) is 14.3 Å². The van der Waals surface area contributed by atoms with Crippen LogP contribution in [0.2, 0.25) is 0 Å². The third-order valence-corrected chi connectivity index (χ3v) is 3.84. The van der Waals surface area contributed by atoms with Crippen LogP contribution in [-0.2, 0) is 12.6 Å². The Hall–Kier alpha value is -2.70. The maximum atomic E-state index is 13.3. The maximum absolute atomic E-state index is 13.3. The van der Waals surface area contributed by atoms with E-state index in [9.17, 15) is 18.0 Å². The molecule has 0 bridgehead atoms. The molecule has 0 spiro atoms. The van der Waals surface area contributed by atoms with Crippen LogP contribution in [0.4, 0.5) is 13.2 Å². The average molecular weight is 333 g/mol. The van der Waals surface area contributed by atoms with Crippen LogP contribution in [0.1, 0.15) is 23.9 Å². The van der Waals surface area contributed by atoms with E-state index in [1.54, 1.807) is 26.1 Å². The van der Waals surface area contributed by atoms with Crippen molar-refractivity contribution in [3.8, 4) is 5.69 Å². The van der Waals surface area contributed by atoms with Gasteiger partial charge in [-0.25, -0.2) is 4.98 Å². The third-order valence-electron chi connectivity index (χ3n) is 3.84. The highest BCUT2D eigenvalue weighted by atomic mass is 19.4.